The third kappa shape index (κ3) is 5.06. The zero-order valence-electron chi connectivity index (χ0n) is 14.3. The number of amides is 2. The standard InChI is InChI=1S/C16H29N3O3.ClH/c1-3-6-16(2,17)15(21)19-7-4-5-13(12-19)14(20)18-8-10-22-11-9-18;/h13H,3-12,17H2,1-2H3;1H. The molecular weight excluding hydrogens is 318 g/mol. The summed E-state index contributed by atoms with van der Waals surface area (Å²) in [6, 6.07) is 0. The molecule has 2 amide bonds. The van der Waals surface area contributed by atoms with Crippen LogP contribution in [0.5, 0.6) is 0 Å². The number of ether oxygens (including phenoxy) is 1. The van der Waals surface area contributed by atoms with Gasteiger partial charge < -0.3 is 20.3 Å². The second-order valence-corrected chi connectivity index (χ2v) is 6.70. The molecule has 2 saturated heterocycles. The summed E-state index contributed by atoms with van der Waals surface area (Å²) in [5, 5.41) is 0. The second kappa shape index (κ2) is 8.85. The Morgan fingerprint density at radius 3 is 2.48 bits per heavy atom. The van der Waals surface area contributed by atoms with Crippen LogP contribution in [0.15, 0.2) is 0 Å². The number of nitrogens with two attached hydrogens (primary N) is 1. The number of piperidine rings is 1. The van der Waals surface area contributed by atoms with Crippen LogP contribution in [-0.4, -0.2) is 66.5 Å². The summed E-state index contributed by atoms with van der Waals surface area (Å²) in [5.41, 5.74) is 5.34. The van der Waals surface area contributed by atoms with Crippen molar-refractivity contribution >= 4 is 24.2 Å². The van der Waals surface area contributed by atoms with E-state index >= 15 is 0 Å². The smallest absolute Gasteiger partial charge is 0.242 e. The third-order valence-corrected chi connectivity index (χ3v) is 4.64. The molecule has 0 spiro atoms. The van der Waals surface area contributed by atoms with Crippen molar-refractivity contribution in [3.63, 3.8) is 0 Å². The van der Waals surface area contributed by atoms with Crippen LogP contribution in [0, 0.1) is 5.92 Å². The summed E-state index contributed by atoms with van der Waals surface area (Å²) in [4.78, 5) is 28.9. The van der Waals surface area contributed by atoms with Gasteiger partial charge in [-0.25, -0.2) is 0 Å². The van der Waals surface area contributed by atoms with Gasteiger partial charge in [0, 0.05) is 26.2 Å². The van der Waals surface area contributed by atoms with Crippen LogP contribution in [0.25, 0.3) is 0 Å². The van der Waals surface area contributed by atoms with Crippen molar-refractivity contribution in [2.24, 2.45) is 11.7 Å². The third-order valence-electron chi connectivity index (χ3n) is 4.64. The second-order valence-electron chi connectivity index (χ2n) is 6.70. The highest BCUT2D eigenvalue weighted by atomic mass is 35.5. The molecule has 6 nitrogen and oxygen atoms in total. The fourth-order valence-corrected chi connectivity index (χ4v) is 3.39. The highest BCUT2D eigenvalue weighted by Crippen LogP contribution is 2.23. The minimum Gasteiger partial charge on any atom is -0.378 e. The lowest BCUT2D eigenvalue weighted by Gasteiger charge is -2.39. The van der Waals surface area contributed by atoms with Gasteiger partial charge in [-0.05, 0) is 26.2 Å². The van der Waals surface area contributed by atoms with E-state index < -0.39 is 5.54 Å². The molecule has 0 radical (unpaired) electrons. The highest BCUT2D eigenvalue weighted by molar-refractivity contribution is 5.87. The van der Waals surface area contributed by atoms with E-state index in [2.05, 4.69) is 0 Å². The van der Waals surface area contributed by atoms with E-state index in [-0.39, 0.29) is 30.1 Å². The predicted octanol–water partition coefficient (Wildman–Crippen LogP) is 1.02. The molecule has 2 aliphatic heterocycles. The Bertz CT molecular complexity index is 411. The van der Waals surface area contributed by atoms with Gasteiger partial charge in [0.25, 0.3) is 0 Å². The van der Waals surface area contributed by atoms with E-state index in [0.29, 0.717) is 45.8 Å². The summed E-state index contributed by atoms with van der Waals surface area (Å²) >= 11 is 0. The first kappa shape index (κ1) is 20.2. The van der Waals surface area contributed by atoms with E-state index in [9.17, 15) is 9.59 Å². The Kier molecular flexibility index (Phi) is 7.77. The highest BCUT2D eigenvalue weighted by Gasteiger charge is 2.37. The lowest BCUT2D eigenvalue weighted by molar-refractivity contribution is -0.145. The van der Waals surface area contributed by atoms with Crippen molar-refractivity contribution in [3.05, 3.63) is 0 Å². The van der Waals surface area contributed by atoms with Gasteiger partial charge in [0.1, 0.15) is 0 Å². The van der Waals surface area contributed by atoms with Gasteiger partial charge in [-0.15, -0.1) is 12.4 Å². The average molecular weight is 348 g/mol. The number of rotatable bonds is 4. The molecule has 0 aromatic carbocycles. The molecule has 2 rings (SSSR count). The lowest BCUT2D eigenvalue weighted by atomic mass is 9.91. The number of hydrogen-bond acceptors (Lipinski definition) is 4. The Morgan fingerprint density at radius 2 is 1.87 bits per heavy atom. The van der Waals surface area contributed by atoms with E-state index in [1.165, 1.54) is 0 Å². The maximum Gasteiger partial charge on any atom is 0.242 e. The largest absolute Gasteiger partial charge is 0.378 e. The van der Waals surface area contributed by atoms with Crippen LogP contribution in [0.3, 0.4) is 0 Å². The molecule has 2 aliphatic rings. The molecule has 2 fully saturated rings. The minimum absolute atomic E-state index is 0. The van der Waals surface area contributed by atoms with Gasteiger partial charge in [-0.2, -0.15) is 0 Å². The van der Waals surface area contributed by atoms with E-state index in [1.807, 2.05) is 11.8 Å². The number of hydrogen-bond donors (Lipinski definition) is 1. The van der Waals surface area contributed by atoms with Crippen LogP contribution >= 0.6 is 12.4 Å². The Labute approximate surface area is 145 Å². The van der Waals surface area contributed by atoms with E-state index in [1.54, 1.807) is 11.8 Å². The van der Waals surface area contributed by atoms with Crippen molar-refractivity contribution < 1.29 is 14.3 Å². The molecular formula is C16H30ClN3O3. The van der Waals surface area contributed by atoms with Crippen LogP contribution < -0.4 is 5.73 Å². The van der Waals surface area contributed by atoms with Gasteiger partial charge in [0.15, 0.2) is 0 Å². The fraction of sp³-hybridized carbons (Fsp3) is 0.875. The molecule has 134 valence electrons. The topological polar surface area (TPSA) is 75.9 Å². The molecule has 2 N–H and O–H groups in total. The van der Waals surface area contributed by atoms with Gasteiger partial charge in [-0.1, -0.05) is 13.3 Å². The van der Waals surface area contributed by atoms with Gasteiger partial charge in [-0.3, -0.25) is 9.59 Å². The molecule has 2 unspecified atom stereocenters. The SMILES string of the molecule is CCCC(C)(N)C(=O)N1CCCC(C(=O)N2CCOCC2)C1.Cl. The molecule has 0 aromatic rings. The minimum atomic E-state index is -0.821. The monoisotopic (exact) mass is 347 g/mol. The summed E-state index contributed by atoms with van der Waals surface area (Å²) in [7, 11) is 0. The molecule has 0 aliphatic carbocycles. The number of halogens is 1. The molecule has 0 aromatic heterocycles. The summed E-state index contributed by atoms with van der Waals surface area (Å²) in [6.45, 7) is 7.58. The average Bonchev–Trinajstić information content (AvgIpc) is 2.54. The molecule has 2 atom stereocenters. The van der Waals surface area contributed by atoms with Gasteiger partial charge >= 0.3 is 0 Å². The van der Waals surface area contributed by atoms with Crippen molar-refractivity contribution in [1.82, 2.24) is 9.80 Å². The van der Waals surface area contributed by atoms with Crippen LogP contribution in [0.1, 0.15) is 39.5 Å². The van der Waals surface area contributed by atoms with E-state index in [0.717, 1.165) is 19.3 Å². The van der Waals surface area contributed by atoms with Crippen LogP contribution in [0.2, 0.25) is 0 Å². The van der Waals surface area contributed by atoms with Crippen molar-refractivity contribution in [2.75, 3.05) is 39.4 Å². The fourth-order valence-electron chi connectivity index (χ4n) is 3.39. The van der Waals surface area contributed by atoms with Crippen LogP contribution in [0.4, 0.5) is 0 Å². The maximum atomic E-state index is 12.6. The lowest BCUT2D eigenvalue weighted by Crippen LogP contribution is -2.57. The number of likely N-dealkylation sites (tertiary alicyclic amines) is 1. The first-order valence-corrected chi connectivity index (χ1v) is 8.40. The Hall–Kier alpha value is -0.850. The van der Waals surface area contributed by atoms with E-state index in [4.69, 9.17) is 10.5 Å². The predicted molar refractivity (Wildman–Crippen MR) is 91.5 cm³/mol. The normalized spacial score (nSPS) is 24.6. The summed E-state index contributed by atoms with van der Waals surface area (Å²) in [6.07, 6.45) is 3.27. The molecule has 0 saturated carbocycles. The number of morpholine rings is 1. The van der Waals surface area contributed by atoms with Crippen LogP contribution in [-0.2, 0) is 14.3 Å². The van der Waals surface area contributed by atoms with Crippen molar-refractivity contribution in [3.8, 4) is 0 Å². The maximum absolute atomic E-state index is 12.6. The van der Waals surface area contributed by atoms with Gasteiger partial charge in [0.05, 0.1) is 24.7 Å². The van der Waals surface area contributed by atoms with Crippen molar-refractivity contribution in [2.45, 2.75) is 45.1 Å². The molecule has 7 heteroatoms. The molecule has 0 bridgehead atoms. The first-order valence-electron chi connectivity index (χ1n) is 8.40. The summed E-state index contributed by atoms with van der Waals surface area (Å²) in [5.74, 6) is 0.0528. The zero-order chi connectivity index (χ0) is 16.2. The summed E-state index contributed by atoms with van der Waals surface area (Å²) < 4.78 is 5.29. The quantitative estimate of drug-likeness (QED) is 0.824. The Balaban J connectivity index is 0.00000264. The molecule has 2 heterocycles. The van der Waals surface area contributed by atoms with Crippen molar-refractivity contribution in [1.29, 1.82) is 0 Å². The number of carbonyl (C=O) groups excluding carboxylic acids is 2. The number of carbonyl (C=O) groups is 2. The number of nitrogens with zero attached hydrogens (tertiary/aromatic N) is 2. The Morgan fingerprint density at radius 1 is 1.22 bits per heavy atom. The van der Waals surface area contributed by atoms with Gasteiger partial charge in [0.2, 0.25) is 11.8 Å². The zero-order valence-corrected chi connectivity index (χ0v) is 15.1. The first-order chi connectivity index (χ1) is 10.5. The molecule has 23 heavy (non-hydrogen) atoms.